The summed E-state index contributed by atoms with van der Waals surface area (Å²) in [4.78, 5) is 68.2. The maximum Gasteiger partial charge on any atom is 0.192 e. The quantitative estimate of drug-likeness (QED) is 0.451. The SMILES string of the molecule is CC(=O)C1C(=O)[C@]2(O)C(=O)C3C(=O)c4c(O)cccc4[C@@H](CC(=O)C4CCCC4)[C@]3(C)[C@@H](C)[C@]2(C)C=C1C. The van der Waals surface area contributed by atoms with Crippen LogP contribution >= 0.6 is 0 Å². The van der Waals surface area contributed by atoms with Crippen LogP contribution in [0.15, 0.2) is 29.8 Å². The van der Waals surface area contributed by atoms with Crippen LogP contribution in [0.3, 0.4) is 0 Å². The predicted molar refractivity (Wildman–Crippen MR) is 139 cm³/mol. The highest BCUT2D eigenvalue weighted by Crippen LogP contribution is 2.67. The number of phenolic OH excluding ortho intramolecular Hbond substituents is 1. The van der Waals surface area contributed by atoms with Crippen LogP contribution in [0.4, 0.5) is 0 Å². The number of hydrogen-bond acceptors (Lipinski definition) is 7. The van der Waals surface area contributed by atoms with Crippen LogP contribution in [-0.4, -0.2) is 44.7 Å². The zero-order valence-electron chi connectivity index (χ0n) is 22.7. The van der Waals surface area contributed by atoms with E-state index in [1.165, 1.54) is 13.0 Å². The third kappa shape index (κ3) is 3.14. The molecule has 38 heavy (non-hydrogen) atoms. The molecule has 0 bridgehead atoms. The zero-order valence-corrected chi connectivity index (χ0v) is 22.7. The maximum atomic E-state index is 14.4. The standard InChI is InChI=1S/C31H36O7/c1-15-14-29(4)17(3)30(5)20(13-22(34)18-9-6-7-10-18)19-11-8-12-21(33)24(19)26(35)25(30)28(37)31(29,38)27(36)23(15)16(2)32/h8,11-12,14,17-18,20,23,25,33,38H,6-7,9-10,13H2,1-5H3/t17-,20+,23?,25?,29-,30-,31-/m0/s1. The normalized spacial score (nSPS) is 38.8. The topological polar surface area (TPSA) is 126 Å². The summed E-state index contributed by atoms with van der Waals surface area (Å²) in [5, 5.41) is 22.8. The minimum Gasteiger partial charge on any atom is -0.507 e. The molecule has 2 saturated carbocycles. The first-order valence-corrected chi connectivity index (χ1v) is 13.6. The van der Waals surface area contributed by atoms with E-state index in [2.05, 4.69) is 0 Å². The number of carbonyl (C=O) groups is 5. The van der Waals surface area contributed by atoms with Crippen LogP contribution in [0.5, 0.6) is 5.75 Å². The number of carbonyl (C=O) groups excluding carboxylic acids is 5. The molecule has 1 aromatic carbocycles. The van der Waals surface area contributed by atoms with Crippen molar-refractivity contribution < 1.29 is 34.2 Å². The number of aromatic hydroxyl groups is 1. The molecular weight excluding hydrogens is 484 g/mol. The summed E-state index contributed by atoms with van der Waals surface area (Å²) in [6.07, 6.45) is 5.36. The molecule has 0 saturated heterocycles. The van der Waals surface area contributed by atoms with Crippen molar-refractivity contribution in [1.29, 1.82) is 0 Å². The minimum absolute atomic E-state index is 0.0231. The monoisotopic (exact) mass is 520 g/mol. The molecule has 0 aliphatic heterocycles. The summed E-state index contributed by atoms with van der Waals surface area (Å²) in [7, 11) is 0. The Kier molecular flexibility index (Phi) is 5.99. The van der Waals surface area contributed by atoms with Crippen LogP contribution in [-0.2, 0) is 19.2 Å². The molecule has 4 aliphatic carbocycles. The average molecular weight is 521 g/mol. The van der Waals surface area contributed by atoms with E-state index in [9.17, 15) is 34.2 Å². The molecule has 7 nitrogen and oxygen atoms in total. The lowest BCUT2D eigenvalue weighted by Crippen LogP contribution is -2.75. The summed E-state index contributed by atoms with van der Waals surface area (Å²) < 4.78 is 0. The Morgan fingerprint density at radius 1 is 1.05 bits per heavy atom. The smallest absolute Gasteiger partial charge is 0.192 e. The average Bonchev–Trinajstić information content (AvgIpc) is 3.38. The molecule has 202 valence electrons. The van der Waals surface area contributed by atoms with Crippen molar-refractivity contribution in [3.8, 4) is 5.75 Å². The summed E-state index contributed by atoms with van der Waals surface area (Å²) in [6.45, 7) is 8.18. The summed E-state index contributed by atoms with van der Waals surface area (Å²) >= 11 is 0. The Morgan fingerprint density at radius 3 is 2.29 bits per heavy atom. The molecule has 2 unspecified atom stereocenters. The molecule has 7 heteroatoms. The highest BCUT2D eigenvalue weighted by atomic mass is 16.3. The molecule has 2 fully saturated rings. The lowest BCUT2D eigenvalue weighted by Gasteiger charge is -2.64. The van der Waals surface area contributed by atoms with Crippen molar-refractivity contribution in [2.24, 2.45) is 34.5 Å². The zero-order chi connectivity index (χ0) is 27.9. The van der Waals surface area contributed by atoms with Gasteiger partial charge >= 0.3 is 0 Å². The largest absolute Gasteiger partial charge is 0.507 e. The first-order valence-electron chi connectivity index (χ1n) is 13.6. The van der Waals surface area contributed by atoms with Crippen molar-refractivity contribution in [1.82, 2.24) is 0 Å². The molecule has 0 aromatic heterocycles. The van der Waals surface area contributed by atoms with Crippen molar-refractivity contribution in [2.45, 2.75) is 78.2 Å². The number of aliphatic hydroxyl groups is 1. The minimum atomic E-state index is -2.59. The van der Waals surface area contributed by atoms with Gasteiger partial charge in [-0.15, -0.1) is 0 Å². The third-order valence-corrected chi connectivity index (χ3v) is 10.8. The highest BCUT2D eigenvalue weighted by Gasteiger charge is 2.75. The van der Waals surface area contributed by atoms with Crippen LogP contribution < -0.4 is 0 Å². The van der Waals surface area contributed by atoms with Crippen LogP contribution in [0.25, 0.3) is 0 Å². The summed E-state index contributed by atoms with van der Waals surface area (Å²) in [6, 6.07) is 4.74. The lowest BCUT2D eigenvalue weighted by atomic mass is 9.38. The molecular formula is C31H36O7. The van der Waals surface area contributed by atoms with Crippen LogP contribution in [0.2, 0.25) is 0 Å². The van der Waals surface area contributed by atoms with E-state index in [-0.39, 0.29) is 29.4 Å². The van der Waals surface area contributed by atoms with Crippen molar-refractivity contribution >= 4 is 28.9 Å². The number of Topliss-reactive ketones (excluding diaryl/α,β-unsaturated/α-hetero) is 5. The van der Waals surface area contributed by atoms with Gasteiger partial charge in [0.2, 0.25) is 0 Å². The Labute approximate surface area is 222 Å². The Balaban J connectivity index is 1.76. The molecule has 7 atom stereocenters. The first kappa shape index (κ1) is 26.7. The summed E-state index contributed by atoms with van der Waals surface area (Å²) in [5.74, 6) is -7.21. The predicted octanol–water partition coefficient (Wildman–Crippen LogP) is 4.13. The molecule has 2 N–H and O–H groups in total. The van der Waals surface area contributed by atoms with Crippen molar-refractivity contribution in [3.05, 3.63) is 41.0 Å². The second-order valence-corrected chi connectivity index (χ2v) is 12.5. The number of fused-ring (bicyclic) bond motifs is 3. The fourth-order valence-electron chi connectivity index (χ4n) is 8.51. The number of hydrogen-bond donors (Lipinski definition) is 2. The van der Waals surface area contributed by atoms with Gasteiger partial charge in [0.05, 0.1) is 11.5 Å². The van der Waals surface area contributed by atoms with Gasteiger partial charge in [-0.25, -0.2) is 0 Å². The second kappa shape index (κ2) is 8.54. The van der Waals surface area contributed by atoms with Crippen LogP contribution in [0, 0.1) is 34.5 Å². The molecule has 4 aliphatic rings. The maximum absolute atomic E-state index is 14.4. The Morgan fingerprint density at radius 2 is 1.68 bits per heavy atom. The fourth-order valence-corrected chi connectivity index (χ4v) is 8.51. The highest BCUT2D eigenvalue weighted by molar-refractivity contribution is 6.27. The number of benzene rings is 1. The van der Waals surface area contributed by atoms with Gasteiger partial charge in [0, 0.05) is 17.8 Å². The Bertz CT molecular complexity index is 1320. The lowest BCUT2D eigenvalue weighted by molar-refractivity contribution is -0.194. The van der Waals surface area contributed by atoms with Gasteiger partial charge in [0.1, 0.15) is 23.2 Å². The van der Waals surface area contributed by atoms with Gasteiger partial charge in [-0.3, -0.25) is 24.0 Å². The van der Waals surface area contributed by atoms with E-state index in [1.54, 1.807) is 32.1 Å². The van der Waals surface area contributed by atoms with Gasteiger partial charge in [0.15, 0.2) is 23.0 Å². The van der Waals surface area contributed by atoms with Gasteiger partial charge in [-0.05, 0) is 55.6 Å². The van der Waals surface area contributed by atoms with E-state index in [4.69, 9.17) is 0 Å². The van der Waals surface area contributed by atoms with Gasteiger partial charge in [-0.2, -0.15) is 0 Å². The van der Waals surface area contributed by atoms with Crippen LogP contribution in [0.1, 0.15) is 88.6 Å². The first-order chi connectivity index (χ1) is 17.7. The van der Waals surface area contributed by atoms with Gasteiger partial charge in [0.25, 0.3) is 0 Å². The second-order valence-electron chi connectivity index (χ2n) is 12.5. The van der Waals surface area contributed by atoms with E-state index in [1.807, 2.05) is 13.8 Å². The Hall–Kier alpha value is -2.93. The number of ketones is 5. The summed E-state index contributed by atoms with van der Waals surface area (Å²) in [5.41, 5.74) is -4.17. The molecule has 1 aromatic rings. The van der Waals surface area contributed by atoms with E-state index >= 15 is 0 Å². The number of phenols is 1. The van der Waals surface area contributed by atoms with Gasteiger partial charge in [-0.1, -0.05) is 57.4 Å². The molecule has 0 heterocycles. The van der Waals surface area contributed by atoms with E-state index < -0.39 is 63.2 Å². The molecule has 0 spiro atoms. The van der Waals surface area contributed by atoms with E-state index in [0.29, 0.717) is 11.1 Å². The van der Waals surface area contributed by atoms with Crippen molar-refractivity contribution in [2.75, 3.05) is 0 Å². The van der Waals surface area contributed by atoms with Crippen molar-refractivity contribution in [3.63, 3.8) is 0 Å². The van der Waals surface area contributed by atoms with E-state index in [0.717, 1.165) is 25.7 Å². The molecule has 0 radical (unpaired) electrons. The third-order valence-electron chi connectivity index (χ3n) is 10.8. The number of allylic oxidation sites excluding steroid dienone is 1. The fraction of sp³-hybridized carbons (Fsp3) is 0.581. The van der Waals surface area contributed by atoms with Gasteiger partial charge < -0.3 is 10.2 Å². The number of rotatable bonds is 4. The molecule has 0 amide bonds. The molecule has 5 rings (SSSR count).